The highest BCUT2D eigenvalue weighted by Crippen LogP contribution is 2.20. The standard InChI is InChI=1S/C12H12ClFN2O/c1-16-9(4-6-15-16)5-7-17-10-2-3-11(13)12(14)8-10/h2-4,6,8H,5,7H2,1H3. The first kappa shape index (κ1) is 11.9. The maximum absolute atomic E-state index is 13.1. The van der Waals surface area contributed by atoms with E-state index in [4.69, 9.17) is 16.3 Å². The highest BCUT2D eigenvalue weighted by molar-refractivity contribution is 6.30. The van der Waals surface area contributed by atoms with Gasteiger partial charge < -0.3 is 4.74 Å². The van der Waals surface area contributed by atoms with Gasteiger partial charge in [0.1, 0.15) is 11.6 Å². The number of aromatic nitrogens is 2. The van der Waals surface area contributed by atoms with E-state index in [0.29, 0.717) is 12.4 Å². The Balaban J connectivity index is 1.90. The molecule has 0 saturated heterocycles. The highest BCUT2D eigenvalue weighted by Gasteiger charge is 2.03. The van der Waals surface area contributed by atoms with Gasteiger partial charge in [-0.05, 0) is 18.2 Å². The van der Waals surface area contributed by atoms with Gasteiger partial charge in [-0.3, -0.25) is 4.68 Å². The second kappa shape index (κ2) is 5.19. The van der Waals surface area contributed by atoms with Gasteiger partial charge in [-0.25, -0.2) is 4.39 Å². The molecule has 0 aliphatic rings. The van der Waals surface area contributed by atoms with Crippen molar-refractivity contribution in [3.63, 3.8) is 0 Å². The third-order valence-electron chi connectivity index (χ3n) is 2.44. The monoisotopic (exact) mass is 254 g/mol. The van der Waals surface area contributed by atoms with Crippen LogP contribution >= 0.6 is 11.6 Å². The molecule has 17 heavy (non-hydrogen) atoms. The fourth-order valence-corrected chi connectivity index (χ4v) is 1.60. The Bertz CT molecular complexity index is 513. The van der Waals surface area contributed by atoms with Crippen LogP contribution in [0.5, 0.6) is 5.75 Å². The van der Waals surface area contributed by atoms with Crippen LogP contribution in [0.2, 0.25) is 5.02 Å². The van der Waals surface area contributed by atoms with Gasteiger partial charge in [-0.15, -0.1) is 0 Å². The molecular weight excluding hydrogens is 243 g/mol. The van der Waals surface area contributed by atoms with Crippen molar-refractivity contribution in [2.24, 2.45) is 7.05 Å². The highest BCUT2D eigenvalue weighted by atomic mass is 35.5. The molecule has 5 heteroatoms. The van der Waals surface area contributed by atoms with Crippen molar-refractivity contribution in [2.45, 2.75) is 6.42 Å². The maximum atomic E-state index is 13.1. The van der Waals surface area contributed by atoms with Crippen LogP contribution in [0.1, 0.15) is 5.69 Å². The zero-order valence-corrected chi connectivity index (χ0v) is 10.1. The van der Waals surface area contributed by atoms with E-state index >= 15 is 0 Å². The molecule has 0 amide bonds. The molecule has 0 spiro atoms. The number of aryl methyl sites for hydroxylation is 1. The number of benzene rings is 1. The van der Waals surface area contributed by atoms with Gasteiger partial charge in [-0.1, -0.05) is 11.6 Å². The quantitative estimate of drug-likeness (QED) is 0.839. The van der Waals surface area contributed by atoms with Crippen molar-refractivity contribution in [3.05, 3.63) is 47.0 Å². The van der Waals surface area contributed by atoms with Crippen LogP contribution in [0.15, 0.2) is 30.5 Å². The summed E-state index contributed by atoms with van der Waals surface area (Å²) in [5, 5.41) is 4.15. The molecule has 1 aromatic heterocycles. The topological polar surface area (TPSA) is 27.1 Å². The smallest absolute Gasteiger partial charge is 0.145 e. The number of halogens is 2. The van der Waals surface area contributed by atoms with E-state index in [1.165, 1.54) is 12.1 Å². The fraction of sp³-hybridized carbons (Fsp3) is 0.250. The first-order valence-corrected chi connectivity index (χ1v) is 5.59. The Morgan fingerprint density at radius 2 is 2.24 bits per heavy atom. The molecule has 1 aromatic carbocycles. The molecule has 0 radical (unpaired) electrons. The van der Waals surface area contributed by atoms with E-state index in [9.17, 15) is 4.39 Å². The van der Waals surface area contributed by atoms with Gasteiger partial charge in [0.15, 0.2) is 0 Å². The van der Waals surface area contributed by atoms with Gasteiger partial charge in [0, 0.05) is 31.4 Å². The Labute approximate surface area is 104 Å². The van der Waals surface area contributed by atoms with Gasteiger partial charge in [-0.2, -0.15) is 5.10 Å². The molecule has 1 heterocycles. The lowest BCUT2D eigenvalue weighted by atomic mass is 10.3. The van der Waals surface area contributed by atoms with Crippen molar-refractivity contribution in [2.75, 3.05) is 6.61 Å². The predicted octanol–water partition coefficient (Wildman–Crippen LogP) is 2.83. The third-order valence-corrected chi connectivity index (χ3v) is 2.75. The van der Waals surface area contributed by atoms with Crippen LogP contribution in [0.4, 0.5) is 4.39 Å². The molecule has 0 N–H and O–H groups in total. The van der Waals surface area contributed by atoms with Crippen LogP contribution < -0.4 is 4.74 Å². The fourth-order valence-electron chi connectivity index (χ4n) is 1.49. The molecule has 90 valence electrons. The van der Waals surface area contributed by atoms with Crippen molar-refractivity contribution in [3.8, 4) is 5.75 Å². The van der Waals surface area contributed by atoms with Crippen LogP contribution in [0, 0.1) is 5.82 Å². The van der Waals surface area contributed by atoms with Crippen molar-refractivity contribution in [1.82, 2.24) is 9.78 Å². The minimum atomic E-state index is -0.468. The van der Waals surface area contributed by atoms with E-state index in [1.54, 1.807) is 16.9 Å². The third kappa shape index (κ3) is 2.97. The molecule has 2 aromatic rings. The number of nitrogens with zero attached hydrogens (tertiary/aromatic N) is 2. The van der Waals surface area contributed by atoms with Crippen LogP contribution in [-0.4, -0.2) is 16.4 Å². The molecular formula is C12H12ClFN2O. The summed E-state index contributed by atoms with van der Waals surface area (Å²) in [5.41, 5.74) is 1.07. The normalized spacial score (nSPS) is 10.5. The maximum Gasteiger partial charge on any atom is 0.145 e. The number of hydrogen-bond acceptors (Lipinski definition) is 2. The lowest BCUT2D eigenvalue weighted by Crippen LogP contribution is -2.06. The summed E-state index contributed by atoms with van der Waals surface area (Å²) in [6.07, 6.45) is 2.46. The van der Waals surface area contributed by atoms with E-state index in [0.717, 1.165) is 12.1 Å². The van der Waals surface area contributed by atoms with Crippen molar-refractivity contribution in [1.29, 1.82) is 0 Å². The van der Waals surface area contributed by atoms with Gasteiger partial charge in [0.2, 0.25) is 0 Å². The van der Waals surface area contributed by atoms with Gasteiger partial charge in [0.25, 0.3) is 0 Å². The molecule has 0 aliphatic heterocycles. The largest absolute Gasteiger partial charge is 0.493 e. The van der Waals surface area contributed by atoms with Gasteiger partial charge in [0.05, 0.1) is 11.6 Å². The van der Waals surface area contributed by atoms with Crippen molar-refractivity contribution >= 4 is 11.6 Å². The van der Waals surface area contributed by atoms with E-state index in [1.807, 2.05) is 13.1 Å². The molecule has 3 nitrogen and oxygen atoms in total. The minimum Gasteiger partial charge on any atom is -0.493 e. The summed E-state index contributed by atoms with van der Waals surface area (Å²) in [4.78, 5) is 0. The Morgan fingerprint density at radius 1 is 1.41 bits per heavy atom. The second-order valence-electron chi connectivity index (χ2n) is 3.62. The van der Waals surface area contributed by atoms with Crippen LogP contribution in [0.25, 0.3) is 0 Å². The van der Waals surface area contributed by atoms with Crippen molar-refractivity contribution < 1.29 is 9.13 Å². The summed E-state index contributed by atoms with van der Waals surface area (Å²) in [5.74, 6) is 0.0127. The lowest BCUT2D eigenvalue weighted by Gasteiger charge is -2.06. The zero-order chi connectivity index (χ0) is 12.3. The molecule has 2 rings (SSSR count). The van der Waals surface area contributed by atoms with E-state index in [-0.39, 0.29) is 5.02 Å². The zero-order valence-electron chi connectivity index (χ0n) is 9.36. The lowest BCUT2D eigenvalue weighted by molar-refractivity contribution is 0.317. The summed E-state index contributed by atoms with van der Waals surface area (Å²) in [7, 11) is 1.87. The molecule has 0 aliphatic carbocycles. The second-order valence-corrected chi connectivity index (χ2v) is 4.03. The Kier molecular flexibility index (Phi) is 3.64. The SMILES string of the molecule is Cn1nccc1CCOc1ccc(Cl)c(F)c1. The van der Waals surface area contributed by atoms with Crippen LogP contribution in [-0.2, 0) is 13.5 Å². The Morgan fingerprint density at radius 3 is 2.88 bits per heavy atom. The van der Waals surface area contributed by atoms with Crippen LogP contribution in [0.3, 0.4) is 0 Å². The number of ether oxygens (including phenoxy) is 1. The number of rotatable bonds is 4. The first-order valence-electron chi connectivity index (χ1n) is 5.21. The van der Waals surface area contributed by atoms with Gasteiger partial charge >= 0.3 is 0 Å². The molecule has 0 bridgehead atoms. The average molecular weight is 255 g/mol. The predicted molar refractivity (Wildman–Crippen MR) is 63.8 cm³/mol. The van der Waals surface area contributed by atoms with E-state index in [2.05, 4.69) is 5.10 Å². The summed E-state index contributed by atoms with van der Waals surface area (Å²) in [6, 6.07) is 6.34. The Hall–Kier alpha value is -1.55. The summed E-state index contributed by atoms with van der Waals surface area (Å²) in [6.45, 7) is 0.473. The molecule has 0 unspecified atom stereocenters. The summed E-state index contributed by atoms with van der Waals surface area (Å²) >= 11 is 5.57. The first-order chi connectivity index (χ1) is 8.16. The molecule has 0 saturated carbocycles. The minimum absolute atomic E-state index is 0.101. The van der Waals surface area contributed by atoms with E-state index < -0.39 is 5.82 Å². The summed E-state index contributed by atoms with van der Waals surface area (Å²) < 4.78 is 20.3. The molecule has 0 fully saturated rings. The molecule has 0 atom stereocenters. The average Bonchev–Trinajstić information content (AvgIpc) is 2.70. The number of hydrogen-bond donors (Lipinski definition) is 0.